The number of aliphatic hydroxyl groups excluding tert-OH is 1. The number of alkyl halides is 2. The Morgan fingerprint density at radius 2 is 2.06 bits per heavy atom. The lowest BCUT2D eigenvalue weighted by atomic mass is 9.79. The smallest absolute Gasteiger partial charge is 0.387 e. The van der Waals surface area contributed by atoms with Crippen LogP contribution in [-0.2, 0) is 0 Å². The minimum Gasteiger partial charge on any atom is -0.434 e. The van der Waals surface area contributed by atoms with Crippen molar-refractivity contribution in [3.63, 3.8) is 0 Å². The number of benzene rings is 1. The predicted octanol–water partition coefficient (Wildman–Crippen LogP) is 3.26. The second kappa shape index (κ2) is 5.78. The normalized spacial score (nSPS) is 15.8. The summed E-state index contributed by atoms with van der Waals surface area (Å²) in [5.74, 6) is -0.102. The van der Waals surface area contributed by atoms with Crippen molar-refractivity contribution in [1.82, 2.24) is 0 Å². The Hall–Kier alpha value is -1.67. The largest absolute Gasteiger partial charge is 0.434 e. The Morgan fingerprint density at radius 3 is 2.56 bits per heavy atom. The molecule has 1 aromatic carbocycles. The number of para-hydroxylation sites is 1. The van der Waals surface area contributed by atoms with E-state index in [1.807, 2.05) is 6.07 Å². The van der Waals surface area contributed by atoms with Crippen molar-refractivity contribution in [3.05, 3.63) is 29.8 Å². The molecule has 5 heteroatoms. The summed E-state index contributed by atoms with van der Waals surface area (Å²) in [6.07, 6.45) is -0.782. The number of hydrogen-bond donors (Lipinski definition) is 1. The highest BCUT2D eigenvalue weighted by Crippen LogP contribution is 2.40. The van der Waals surface area contributed by atoms with Crippen LogP contribution in [0.15, 0.2) is 24.3 Å². The van der Waals surface area contributed by atoms with Gasteiger partial charge in [-0.25, -0.2) is 0 Å². The molecule has 0 saturated carbocycles. The van der Waals surface area contributed by atoms with Gasteiger partial charge in [0.25, 0.3) is 0 Å². The van der Waals surface area contributed by atoms with Crippen LogP contribution in [0.3, 0.4) is 0 Å². The zero-order valence-corrected chi connectivity index (χ0v) is 10.2. The van der Waals surface area contributed by atoms with E-state index in [2.05, 4.69) is 4.74 Å². The Labute approximate surface area is 105 Å². The lowest BCUT2D eigenvalue weighted by molar-refractivity contribution is -0.0528. The van der Waals surface area contributed by atoms with Crippen molar-refractivity contribution in [3.8, 4) is 11.8 Å². The molecule has 0 radical (unpaired) electrons. The molecule has 0 amide bonds. The summed E-state index contributed by atoms with van der Waals surface area (Å²) in [6, 6.07) is 7.97. The first-order valence-corrected chi connectivity index (χ1v) is 5.57. The molecule has 1 rings (SSSR count). The number of hydrogen-bond acceptors (Lipinski definition) is 3. The number of nitriles is 1. The Morgan fingerprint density at radius 1 is 1.44 bits per heavy atom. The summed E-state index contributed by atoms with van der Waals surface area (Å²) < 4.78 is 28.9. The fourth-order valence-electron chi connectivity index (χ4n) is 1.59. The lowest BCUT2D eigenvalue weighted by Crippen LogP contribution is -2.23. The van der Waals surface area contributed by atoms with Crippen molar-refractivity contribution in [2.45, 2.75) is 33.0 Å². The topological polar surface area (TPSA) is 53.2 Å². The van der Waals surface area contributed by atoms with Crippen LogP contribution in [0.2, 0.25) is 0 Å². The van der Waals surface area contributed by atoms with E-state index in [1.165, 1.54) is 18.2 Å². The van der Waals surface area contributed by atoms with Gasteiger partial charge in [0.1, 0.15) is 11.9 Å². The van der Waals surface area contributed by atoms with Crippen LogP contribution in [0, 0.1) is 16.7 Å². The number of nitrogens with zero attached hydrogens (tertiary/aromatic N) is 1. The number of ether oxygens (including phenoxy) is 1. The van der Waals surface area contributed by atoms with Gasteiger partial charge in [-0.2, -0.15) is 14.0 Å². The standard InChI is InChI=1S/C13H15F2NO2/c1-3-13(2,8-16)11(17)9-6-4-5-7-10(9)18-12(14)15/h4-7,11-12,17H,3H2,1-2H3. The molecule has 0 aromatic heterocycles. The molecular weight excluding hydrogens is 240 g/mol. The fourth-order valence-corrected chi connectivity index (χ4v) is 1.59. The highest BCUT2D eigenvalue weighted by Gasteiger charge is 2.34. The Kier molecular flexibility index (Phi) is 4.62. The molecule has 18 heavy (non-hydrogen) atoms. The van der Waals surface area contributed by atoms with Crippen LogP contribution in [-0.4, -0.2) is 11.7 Å². The molecule has 1 N–H and O–H groups in total. The SMILES string of the molecule is CCC(C)(C#N)C(O)c1ccccc1OC(F)F. The van der Waals surface area contributed by atoms with Crippen LogP contribution < -0.4 is 4.74 Å². The third kappa shape index (κ3) is 2.96. The Balaban J connectivity index is 3.13. The second-order valence-corrected chi connectivity index (χ2v) is 4.20. The van der Waals surface area contributed by atoms with Crippen LogP contribution in [0.1, 0.15) is 31.9 Å². The maximum absolute atomic E-state index is 12.3. The van der Waals surface area contributed by atoms with E-state index in [0.717, 1.165) is 0 Å². The molecule has 0 aliphatic heterocycles. The van der Waals surface area contributed by atoms with E-state index in [-0.39, 0.29) is 11.3 Å². The summed E-state index contributed by atoms with van der Waals surface area (Å²) in [4.78, 5) is 0. The average Bonchev–Trinajstić information content (AvgIpc) is 2.37. The van der Waals surface area contributed by atoms with Gasteiger partial charge in [0.2, 0.25) is 0 Å². The molecule has 0 fully saturated rings. The summed E-state index contributed by atoms with van der Waals surface area (Å²) >= 11 is 0. The molecule has 0 spiro atoms. The van der Waals surface area contributed by atoms with Gasteiger partial charge in [-0.05, 0) is 19.4 Å². The van der Waals surface area contributed by atoms with Crippen molar-refractivity contribution in [2.75, 3.05) is 0 Å². The van der Waals surface area contributed by atoms with E-state index >= 15 is 0 Å². The lowest BCUT2D eigenvalue weighted by Gasteiger charge is -2.27. The minimum absolute atomic E-state index is 0.102. The zero-order valence-electron chi connectivity index (χ0n) is 10.2. The average molecular weight is 255 g/mol. The Bertz CT molecular complexity index is 445. The van der Waals surface area contributed by atoms with E-state index in [9.17, 15) is 13.9 Å². The fraction of sp³-hybridized carbons (Fsp3) is 0.462. The molecule has 1 aromatic rings. The van der Waals surface area contributed by atoms with Crippen molar-refractivity contribution < 1.29 is 18.6 Å². The first-order chi connectivity index (χ1) is 8.44. The second-order valence-electron chi connectivity index (χ2n) is 4.20. The molecule has 2 atom stereocenters. The van der Waals surface area contributed by atoms with E-state index < -0.39 is 18.1 Å². The summed E-state index contributed by atoms with van der Waals surface area (Å²) in [5.41, 5.74) is -0.842. The van der Waals surface area contributed by atoms with Gasteiger partial charge >= 0.3 is 6.61 Å². The van der Waals surface area contributed by atoms with Gasteiger partial charge < -0.3 is 9.84 Å². The molecule has 0 bridgehead atoms. The van der Waals surface area contributed by atoms with E-state index in [0.29, 0.717) is 6.42 Å². The highest BCUT2D eigenvalue weighted by molar-refractivity contribution is 5.37. The molecule has 0 heterocycles. The highest BCUT2D eigenvalue weighted by atomic mass is 19.3. The molecule has 3 nitrogen and oxygen atoms in total. The van der Waals surface area contributed by atoms with Crippen molar-refractivity contribution in [2.24, 2.45) is 5.41 Å². The minimum atomic E-state index is -2.96. The quantitative estimate of drug-likeness (QED) is 0.878. The first-order valence-electron chi connectivity index (χ1n) is 5.57. The molecular formula is C13H15F2NO2. The number of rotatable bonds is 5. The zero-order chi connectivity index (χ0) is 13.8. The van der Waals surface area contributed by atoms with Gasteiger partial charge in [0, 0.05) is 5.56 Å². The van der Waals surface area contributed by atoms with Crippen LogP contribution in [0.4, 0.5) is 8.78 Å². The molecule has 0 aliphatic rings. The molecule has 2 unspecified atom stereocenters. The molecule has 0 aliphatic carbocycles. The van der Waals surface area contributed by atoms with Crippen molar-refractivity contribution >= 4 is 0 Å². The van der Waals surface area contributed by atoms with Crippen molar-refractivity contribution in [1.29, 1.82) is 5.26 Å². The maximum Gasteiger partial charge on any atom is 0.387 e. The van der Waals surface area contributed by atoms with Gasteiger partial charge in [0.05, 0.1) is 11.5 Å². The number of aliphatic hydroxyl groups is 1. The van der Waals surface area contributed by atoms with Crippen LogP contribution >= 0.6 is 0 Å². The molecule has 98 valence electrons. The summed E-state index contributed by atoms with van der Waals surface area (Å²) in [7, 11) is 0. The van der Waals surface area contributed by atoms with E-state index in [4.69, 9.17) is 5.26 Å². The third-order valence-corrected chi connectivity index (χ3v) is 3.02. The molecule has 0 saturated heterocycles. The number of halogens is 2. The first kappa shape index (κ1) is 14.4. The summed E-state index contributed by atoms with van der Waals surface area (Å²) in [5, 5.41) is 19.3. The van der Waals surface area contributed by atoms with Gasteiger partial charge in [-0.15, -0.1) is 0 Å². The maximum atomic E-state index is 12.3. The third-order valence-electron chi connectivity index (χ3n) is 3.02. The monoisotopic (exact) mass is 255 g/mol. The van der Waals surface area contributed by atoms with E-state index in [1.54, 1.807) is 19.9 Å². The van der Waals surface area contributed by atoms with Gasteiger partial charge in [-0.1, -0.05) is 25.1 Å². The van der Waals surface area contributed by atoms with Gasteiger partial charge in [0.15, 0.2) is 0 Å². The van der Waals surface area contributed by atoms with Gasteiger partial charge in [-0.3, -0.25) is 0 Å². The predicted molar refractivity (Wildman–Crippen MR) is 62.0 cm³/mol. The van der Waals surface area contributed by atoms with Crippen LogP contribution in [0.5, 0.6) is 5.75 Å². The van der Waals surface area contributed by atoms with Crippen LogP contribution in [0.25, 0.3) is 0 Å². The summed E-state index contributed by atoms with van der Waals surface area (Å²) in [6.45, 7) is 0.369.